The van der Waals surface area contributed by atoms with E-state index >= 15 is 0 Å². The van der Waals surface area contributed by atoms with Crippen LogP contribution < -0.4 is 0 Å². The summed E-state index contributed by atoms with van der Waals surface area (Å²) in [7, 11) is 0. The molecule has 1 atom stereocenters. The van der Waals surface area contributed by atoms with E-state index in [2.05, 4.69) is 9.97 Å². The van der Waals surface area contributed by atoms with Gasteiger partial charge in [0.1, 0.15) is 0 Å². The highest BCUT2D eigenvalue weighted by atomic mass is 16.5. The van der Waals surface area contributed by atoms with Gasteiger partial charge >= 0.3 is 0 Å². The first-order valence-corrected chi connectivity index (χ1v) is 3.91. The minimum absolute atomic E-state index is 0.0516. The van der Waals surface area contributed by atoms with Crippen LogP contribution in [0.2, 0.25) is 0 Å². The zero-order valence-electron chi connectivity index (χ0n) is 6.60. The number of ether oxygens (including phenoxy) is 1. The van der Waals surface area contributed by atoms with Gasteiger partial charge in [0.05, 0.1) is 30.7 Å². The van der Waals surface area contributed by atoms with E-state index in [1.165, 1.54) is 0 Å². The smallest absolute Gasteiger partial charge is 0.0911 e. The second-order valence-electron chi connectivity index (χ2n) is 2.77. The zero-order valence-corrected chi connectivity index (χ0v) is 6.60. The number of aliphatic hydroxyl groups is 1. The van der Waals surface area contributed by atoms with Crippen LogP contribution in [0.25, 0.3) is 0 Å². The SMILES string of the molecule is OC[C@H]1Cc2nccnc2CO1. The fourth-order valence-electron chi connectivity index (χ4n) is 1.28. The quantitative estimate of drug-likeness (QED) is 0.633. The number of rotatable bonds is 1. The number of aromatic nitrogens is 2. The van der Waals surface area contributed by atoms with E-state index in [-0.39, 0.29) is 12.7 Å². The Balaban J connectivity index is 2.23. The van der Waals surface area contributed by atoms with E-state index in [1.807, 2.05) is 0 Å². The summed E-state index contributed by atoms with van der Waals surface area (Å²) in [4.78, 5) is 8.28. The van der Waals surface area contributed by atoms with Crippen molar-refractivity contribution in [1.29, 1.82) is 0 Å². The molecule has 2 heterocycles. The number of hydrogen-bond donors (Lipinski definition) is 1. The van der Waals surface area contributed by atoms with Crippen LogP contribution in [0.15, 0.2) is 12.4 Å². The predicted octanol–water partition coefficient (Wildman–Crippen LogP) is -0.0898. The lowest BCUT2D eigenvalue weighted by Gasteiger charge is -2.21. The van der Waals surface area contributed by atoms with Crippen LogP contribution >= 0.6 is 0 Å². The number of aliphatic hydroxyl groups excluding tert-OH is 1. The minimum Gasteiger partial charge on any atom is -0.394 e. The molecule has 1 aromatic heterocycles. The molecule has 2 rings (SSSR count). The lowest BCUT2D eigenvalue weighted by molar-refractivity contribution is -0.0101. The maximum atomic E-state index is 8.84. The van der Waals surface area contributed by atoms with Gasteiger partial charge in [-0.15, -0.1) is 0 Å². The molecule has 12 heavy (non-hydrogen) atoms. The molecule has 0 amide bonds. The van der Waals surface area contributed by atoms with Gasteiger partial charge in [-0.3, -0.25) is 9.97 Å². The van der Waals surface area contributed by atoms with Gasteiger partial charge < -0.3 is 9.84 Å². The average Bonchev–Trinajstić information content (AvgIpc) is 2.17. The second-order valence-corrected chi connectivity index (χ2v) is 2.77. The lowest BCUT2D eigenvalue weighted by atomic mass is 10.1. The number of nitrogens with zero attached hydrogens (tertiary/aromatic N) is 2. The van der Waals surface area contributed by atoms with Gasteiger partial charge in [0, 0.05) is 18.8 Å². The van der Waals surface area contributed by atoms with Crippen molar-refractivity contribution in [2.75, 3.05) is 6.61 Å². The molecule has 1 N–H and O–H groups in total. The molecule has 0 saturated carbocycles. The minimum atomic E-state index is -0.103. The Bertz CT molecular complexity index is 278. The van der Waals surface area contributed by atoms with E-state index in [0.29, 0.717) is 13.0 Å². The molecule has 0 spiro atoms. The van der Waals surface area contributed by atoms with E-state index in [1.54, 1.807) is 12.4 Å². The van der Waals surface area contributed by atoms with Gasteiger partial charge in [-0.1, -0.05) is 0 Å². The van der Waals surface area contributed by atoms with E-state index in [4.69, 9.17) is 9.84 Å². The average molecular weight is 166 g/mol. The van der Waals surface area contributed by atoms with Crippen LogP contribution in [0.3, 0.4) is 0 Å². The summed E-state index contributed by atoms with van der Waals surface area (Å²) in [5.41, 5.74) is 1.84. The van der Waals surface area contributed by atoms with E-state index in [0.717, 1.165) is 11.4 Å². The second kappa shape index (κ2) is 3.16. The van der Waals surface area contributed by atoms with Crippen LogP contribution in [-0.2, 0) is 17.8 Å². The van der Waals surface area contributed by atoms with Crippen molar-refractivity contribution in [3.63, 3.8) is 0 Å². The Morgan fingerprint density at radius 3 is 2.92 bits per heavy atom. The first-order valence-electron chi connectivity index (χ1n) is 3.91. The molecular weight excluding hydrogens is 156 g/mol. The molecule has 4 nitrogen and oxygen atoms in total. The first-order chi connectivity index (χ1) is 5.90. The van der Waals surface area contributed by atoms with Gasteiger partial charge in [-0.2, -0.15) is 0 Å². The van der Waals surface area contributed by atoms with Crippen LogP contribution in [-0.4, -0.2) is 27.8 Å². The summed E-state index contributed by atoms with van der Waals surface area (Å²) in [5, 5.41) is 8.84. The third kappa shape index (κ3) is 1.31. The summed E-state index contributed by atoms with van der Waals surface area (Å²) in [5.74, 6) is 0. The Kier molecular flexibility index (Phi) is 2.01. The molecule has 0 fully saturated rings. The molecule has 1 aliphatic rings. The topological polar surface area (TPSA) is 55.2 Å². The Morgan fingerprint density at radius 1 is 1.42 bits per heavy atom. The molecule has 0 aromatic carbocycles. The standard InChI is InChI=1S/C8H10N2O2/c11-4-6-3-7-8(5-12-6)10-2-1-9-7/h1-2,6,11H,3-5H2/t6-/m1/s1. The summed E-state index contributed by atoms with van der Waals surface area (Å²) in [6.07, 6.45) is 3.88. The fourth-order valence-corrected chi connectivity index (χ4v) is 1.28. The van der Waals surface area contributed by atoms with Gasteiger partial charge in [0.15, 0.2) is 0 Å². The molecule has 64 valence electrons. The molecule has 1 aliphatic heterocycles. The monoisotopic (exact) mass is 166 g/mol. The van der Waals surface area contributed by atoms with Crippen molar-refractivity contribution in [3.8, 4) is 0 Å². The highest BCUT2D eigenvalue weighted by molar-refractivity contribution is 5.12. The van der Waals surface area contributed by atoms with Gasteiger partial charge in [-0.25, -0.2) is 0 Å². The molecule has 0 bridgehead atoms. The molecule has 0 saturated heterocycles. The Labute approximate surface area is 70.2 Å². The molecule has 4 heteroatoms. The molecule has 0 aliphatic carbocycles. The number of hydrogen-bond acceptors (Lipinski definition) is 4. The van der Waals surface area contributed by atoms with Crippen molar-refractivity contribution >= 4 is 0 Å². The molecular formula is C8H10N2O2. The number of fused-ring (bicyclic) bond motifs is 1. The Hall–Kier alpha value is -1.00. The normalized spacial score (nSPS) is 21.9. The third-order valence-electron chi connectivity index (χ3n) is 1.94. The highest BCUT2D eigenvalue weighted by Gasteiger charge is 2.19. The molecule has 0 radical (unpaired) electrons. The summed E-state index contributed by atoms with van der Waals surface area (Å²) in [6, 6.07) is 0. The van der Waals surface area contributed by atoms with Crippen molar-refractivity contribution < 1.29 is 9.84 Å². The Morgan fingerprint density at radius 2 is 2.17 bits per heavy atom. The van der Waals surface area contributed by atoms with Gasteiger partial charge in [-0.05, 0) is 0 Å². The first kappa shape index (κ1) is 7.64. The summed E-state index contributed by atoms with van der Waals surface area (Å²) in [6.45, 7) is 0.518. The lowest BCUT2D eigenvalue weighted by Crippen LogP contribution is -2.27. The van der Waals surface area contributed by atoms with Crippen molar-refractivity contribution in [2.45, 2.75) is 19.1 Å². The van der Waals surface area contributed by atoms with Crippen LogP contribution in [0.4, 0.5) is 0 Å². The third-order valence-corrected chi connectivity index (χ3v) is 1.94. The summed E-state index contributed by atoms with van der Waals surface area (Å²) < 4.78 is 5.30. The maximum absolute atomic E-state index is 8.84. The van der Waals surface area contributed by atoms with Crippen LogP contribution in [0, 0.1) is 0 Å². The van der Waals surface area contributed by atoms with E-state index in [9.17, 15) is 0 Å². The largest absolute Gasteiger partial charge is 0.394 e. The zero-order chi connectivity index (χ0) is 8.39. The van der Waals surface area contributed by atoms with Crippen LogP contribution in [0.5, 0.6) is 0 Å². The summed E-state index contributed by atoms with van der Waals surface area (Å²) >= 11 is 0. The van der Waals surface area contributed by atoms with Gasteiger partial charge in [0.2, 0.25) is 0 Å². The molecule has 0 unspecified atom stereocenters. The fraction of sp³-hybridized carbons (Fsp3) is 0.500. The maximum Gasteiger partial charge on any atom is 0.0911 e. The van der Waals surface area contributed by atoms with Crippen LogP contribution in [0.1, 0.15) is 11.4 Å². The van der Waals surface area contributed by atoms with Crippen molar-refractivity contribution in [3.05, 3.63) is 23.8 Å². The predicted molar refractivity (Wildman–Crippen MR) is 41.4 cm³/mol. The highest BCUT2D eigenvalue weighted by Crippen LogP contribution is 2.15. The molecule has 1 aromatic rings. The van der Waals surface area contributed by atoms with E-state index < -0.39 is 0 Å². The van der Waals surface area contributed by atoms with Crippen molar-refractivity contribution in [2.24, 2.45) is 0 Å². The van der Waals surface area contributed by atoms with Gasteiger partial charge in [0.25, 0.3) is 0 Å². The van der Waals surface area contributed by atoms with Crippen molar-refractivity contribution in [1.82, 2.24) is 9.97 Å².